The first-order valence-electron chi connectivity index (χ1n) is 24.2. The zero-order valence-corrected chi connectivity index (χ0v) is 47.3. The van der Waals surface area contributed by atoms with Gasteiger partial charge in [0.2, 0.25) is 0 Å². The Hall–Kier alpha value is -3.40. The molecule has 6 nitrogen and oxygen atoms in total. The standard InChI is InChI=1S/C58H85NO5P2/c1-51(2,3)35-27-39-40-28-36(52(4,5)6)32-44(56(16,17)18)48(40)62-65(61-47(39)43(31-35)55(13,14)15)59-25-26-60-66-63-49-41(29-37(53(7,8)9)33-45(49)57(19,20)21)42-30-38(54(10,11)12)34-46(50(42)64-66)58(22,23)24/h27-34,59H,25-26H2,1-24H3. The molecule has 0 atom stereocenters. The molecule has 0 aliphatic rings. The minimum absolute atomic E-state index is 0.0762. The number of nitrogens with one attached hydrogen (secondary N) is 1. The van der Waals surface area contributed by atoms with Crippen LogP contribution in [-0.2, 0) is 43.3 Å². The molecule has 8 heteroatoms. The van der Waals surface area contributed by atoms with E-state index < -0.39 is 16.4 Å². The van der Waals surface area contributed by atoms with E-state index in [1.54, 1.807) is 0 Å². The number of hydrogen-bond acceptors (Lipinski definition) is 6. The Kier molecular flexibility index (Phi) is 13.6. The Morgan fingerprint density at radius 2 is 0.591 bits per heavy atom. The topological polar surface area (TPSA) is 73.8 Å². The molecule has 0 fully saturated rings. The Bertz CT molecular complexity index is 2490. The van der Waals surface area contributed by atoms with Crippen molar-refractivity contribution in [1.82, 2.24) is 0 Å². The van der Waals surface area contributed by atoms with Gasteiger partial charge in [-0.25, -0.2) is 5.09 Å². The lowest BCUT2D eigenvalue weighted by Crippen LogP contribution is -2.17. The molecule has 0 saturated heterocycles. The van der Waals surface area contributed by atoms with Gasteiger partial charge in [-0.1, -0.05) is 190 Å². The molecule has 0 bridgehead atoms. The van der Waals surface area contributed by atoms with Crippen LogP contribution in [0.4, 0.5) is 0 Å². The third-order valence-electron chi connectivity index (χ3n) is 12.9. The van der Waals surface area contributed by atoms with Crippen LogP contribution in [0.15, 0.2) is 65.3 Å². The fraction of sp³-hybridized carbons (Fsp3) is 0.586. The number of fused-ring (bicyclic) bond motifs is 6. The van der Waals surface area contributed by atoms with E-state index in [0.29, 0.717) is 13.2 Å². The fourth-order valence-electron chi connectivity index (χ4n) is 8.40. The van der Waals surface area contributed by atoms with Crippen LogP contribution in [0.3, 0.4) is 0 Å². The molecule has 0 aliphatic heterocycles. The summed E-state index contributed by atoms with van der Waals surface area (Å²) in [5.74, 6) is 0. The largest absolute Gasteiger partial charge is 0.408 e. The molecule has 362 valence electrons. The van der Waals surface area contributed by atoms with Crippen LogP contribution in [0.5, 0.6) is 0 Å². The van der Waals surface area contributed by atoms with Crippen LogP contribution < -0.4 is 9.61 Å². The molecule has 0 unspecified atom stereocenters. The van der Waals surface area contributed by atoms with Crippen LogP contribution in [0.2, 0.25) is 0 Å². The number of rotatable bonds is 5. The van der Waals surface area contributed by atoms with Crippen molar-refractivity contribution in [3.8, 4) is 0 Å². The fourth-order valence-corrected chi connectivity index (χ4v) is 10.6. The SMILES string of the molecule is CC(C)(C)c1cc(C(C)(C)C)c2op(NCCOp3oc4c(C(C)(C)C)cc(C(C)(C)C)cc4c4cc(C(C)(C)C)cc(C(C)(C)C)c4o3)oc3c(C(C)(C)C)cc(C(C)(C)C)cc3c2c1. The van der Waals surface area contributed by atoms with Gasteiger partial charge < -0.3 is 16.8 Å². The smallest absolute Gasteiger partial charge is 0.387 e. The molecule has 0 radical (unpaired) electrons. The molecule has 6 aromatic rings. The maximum Gasteiger partial charge on any atom is 0.387 e. The van der Waals surface area contributed by atoms with Crippen LogP contribution in [-0.4, -0.2) is 13.2 Å². The highest BCUT2D eigenvalue weighted by atomic mass is 31.1. The zero-order chi connectivity index (χ0) is 49.7. The molecule has 1 N–H and O–H groups in total. The minimum Gasteiger partial charge on any atom is -0.408 e. The van der Waals surface area contributed by atoms with Gasteiger partial charge in [-0.15, -0.1) is 0 Å². The summed E-state index contributed by atoms with van der Waals surface area (Å²) < 4.78 is 35.3. The Morgan fingerprint density at radius 1 is 0.348 bits per heavy atom. The Balaban J connectivity index is 1.59. The molecule has 2 aromatic heterocycles. The molecule has 4 aromatic carbocycles. The monoisotopic (exact) mass is 938 g/mol. The lowest BCUT2D eigenvalue weighted by molar-refractivity contribution is 0.385. The van der Waals surface area contributed by atoms with Gasteiger partial charge in [0.25, 0.3) is 0 Å². The third kappa shape index (κ3) is 11.0. The quantitative estimate of drug-likeness (QED) is 0.174. The summed E-state index contributed by atoms with van der Waals surface area (Å²) >= 11 is 0. The van der Waals surface area contributed by atoms with Gasteiger partial charge in [0.15, 0.2) is 0 Å². The highest BCUT2D eigenvalue weighted by molar-refractivity contribution is 7.38. The summed E-state index contributed by atoms with van der Waals surface area (Å²) in [6.07, 6.45) is 0. The summed E-state index contributed by atoms with van der Waals surface area (Å²) in [7, 11) is -3.55. The van der Waals surface area contributed by atoms with Crippen molar-refractivity contribution in [2.75, 3.05) is 18.2 Å². The summed E-state index contributed by atoms with van der Waals surface area (Å²) in [5, 5.41) is 7.97. The molecule has 0 saturated carbocycles. The van der Waals surface area contributed by atoms with Crippen molar-refractivity contribution in [3.63, 3.8) is 0 Å². The maximum atomic E-state index is 7.17. The van der Waals surface area contributed by atoms with Crippen molar-refractivity contribution in [2.45, 2.75) is 209 Å². The number of benzene rings is 4. The van der Waals surface area contributed by atoms with Crippen molar-refractivity contribution in [3.05, 3.63) is 93.0 Å². The predicted molar refractivity (Wildman–Crippen MR) is 288 cm³/mol. The van der Waals surface area contributed by atoms with E-state index in [-0.39, 0.29) is 43.3 Å². The van der Waals surface area contributed by atoms with E-state index in [0.717, 1.165) is 55.0 Å². The van der Waals surface area contributed by atoms with E-state index in [2.05, 4.69) is 220 Å². The molecule has 6 rings (SSSR count). The zero-order valence-electron chi connectivity index (χ0n) is 45.5. The number of hydrogen-bond donors (Lipinski definition) is 1. The minimum atomic E-state index is -1.88. The normalized spacial score (nSPS) is 14.0. The molecule has 0 spiro atoms. The first-order chi connectivity index (χ1) is 29.8. The van der Waals surface area contributed by atoms with E-state index >= 15 is 0 Å². The predicted octanol–water partition coefficient (Wildman–Crippen LogP) is 18.9. The van der Waals surface area contributed by atoms with Gasteiger partial charge in [0, 0.05) is 50.3 Å². The highest BCUT2D eigenvalue weighted by Gasteiger charge is 2.31. The molecule has 0 amide bonds. The maximum absolute atomic E-state index is 7.17. The van der Waals surface area contributed by atoms with Crippen molar-refractivity contribution >= 4 is 60.3 Å². The average Bonchev–Trinajstić information content (AvgIpc) is 3.39. The molecule has 0 aliphatic carbocycles. The summed E-state index contributed by atoms with van der Waals surface area (Å²) in [6, 6.07) is 18.7. The van der Waals surface area contributed by atoms with Gasteiger partial charge in [-0.05, 0) is 89.8 Å². The van der Waals surface area contributed by atoms with Gasteiger partial charge >= 0.3 is 16.4 Å². The summed E-state index contributed by atoms with van der Waals surface area (Å²) in [5.41, 5.74) is 12.0. The van der Waals surface area contributed by atoms with Crippen molar-refractivity contribution in [1.29, 1.82) is 0 Å². The van der Waals surface area contributed by atoms with E-state index in [1.807, 2.05) is 0 Å². The second-order valence-corrected chi connectivity index (χ2v) is 29.5. The van der Waals surface area contributed by atoms with Crippen molar-refractivity contribution in [2.24, 2.45) is 0 Å². The van der Waals surface area contributed by atoms with Crippen molar-refractivity contribution < 1.29 is 21.3 Å². The molecule has 66 heavy (non-hydrogen) atoms. The van der Waals surface area contributed by atoms with E-state index in [4.69, 9.17) is 21.3 Å². The second-order valence-electron chi connectivity index (χ2n) is 27.2. The highest BCUT2D eigenvalue weighted by Crippen LogP contribution is 2.47. The van der Waals surface area contributed by atoms with Crippen LogP contribution in [0.1, 0.15) is 211 Å². The Morgan fingerprint density at radius 3 is 0.818 bits per heavy atom. The first-order valence-corrected chi connectivity index (χ1v) is 26.5. The lowest BCUT2D eigenvalue weighted by Gasteiger charge is -2.27. The average molecular weight is 938 g/mol. The van der Waals surface area contributed by atoms with Crippen LogP contribution in [0.25, 0.3) is 43.9 Å². The van der Waals surface area contributed by atoms with Crippen LogP contribution >= 0.6 is 16.4 Å². The third-order valence-corrected chi connectivity index (χ3v) is 15.1. The molecular formula is C58H85NO5P2. The van der Waals surface area contributed by atoms with Gasteiger partial charge in [0.1, 0.15) is 22.3 Å². The van der Waals surface area contributed by atoms with Gasteiger partial charge in [-0.2, -0.15) is 0 Å². The van der Waals surface area contributed by atoms with E-state index in [9.17, 15) is 0 Å². The van der Waals surface area contributed by atoms with Gasteiger partial charge in [-0.3, -0.25) is 4.52 Å². The van der Waals surface area contributed by atoms with Gasteiger partial charge in [0.05, 0.1) is 6.61 Å². The lowest BCUT2D eigenvalue weighted by atomic mass is 9.77. The first kappa shape index (κ1) is 52.0. The molecule has 2 heterocycles. The van der Waals surface area contributed by atoms with E-state index in [1.165, 1.54) is 33.4 Å². The summed E-state index contributed by atoms with van der Waals surface area (Å²) in [4.78, 5) is 0. The summed E-state index contributed by atoms with van der Waals surface area (Å²) in [6.45, 7) is 55.4. The second kappa shape index (κ2) is 17.2. The molecular weight excluding hydrogens is 853 g/mol. The Labute approximate surface area is 400 Å². The van der Waals surface area contributed by atoms with Crippen LogP contribution in [0, 0.1) is 0 Å².